The van der Waals surface area contributed by atoms with E-state index in [1.165, 1.54) is 6.20 Å². The Bertz CT molecular complexity index is 721. The number of rotatable bonds is 4. The van der Waals surface area contributed by atoms with Crippen molar-refractivity contribution in [2.45, 2.75) is 24.9 Å². The number of imidazole rings is 1. The smallest absolute Gasteiger partial charge is 0.257 e. The van der Waals surface area contributed by atoms with E-state index in [9.17, 15) is 8.42 Å². The van der Waals surface area contributed by atoms with Crippen molar-refractivity contribution < 1.29 is 8.42 Å². The van der Waals surface area contributed by atoms with Crippen LogP contribution in [0.1, 0.15) is 18.3 Å². The molecule has 0 saturated heterocycles. The summed E-state index contributed by atoms with van der Waals surface area (Å²) in [4.78, 5) is 4.02. The number of halogens is 2. The molecular weight excluding hydrogens is 321 g/mol. The summed E-state index contributed by atoms with van der Waals surface area (Å²) in [6.45, 7) is 2.21. The Balaban J connectivity index is 2.46. The van der Waals surface area contributed by atoms with Gasteiger partial charge in [-0.05, 0) is 12.1 Å². The van der Waals surface area contributed by atoms with E-state index in [0.717, 1.165) is 0 Å². The molecule has 20 heavy (non-hydrogen) atoms. The normalized spacial score (nSPS) is 11.8. The average molecular weight is 334 g/mol. The third-order valence-electron chi connectivity index (χ3n) is 2.83. The van der Waals surface area contributed by atoms with E-state index in [-0.39, 0.29) is 5.03 Å². The number of nitrogens with zero attached hydrogens (tertiary/aromatic N) is 2. The lowest BCUT2D eigenvalue weighted by Gasteiger charge is -2.09. The molecule has 0 fully saturated rings. The molecule has 0 aliphatic rings. The van der Waals surface area contributed by atoms with Gasteiger partial charge < -0.3 is 4.57 Å². The molecule has 0 unspecified atom stereocenters. The summed E-state index contributed by atoms with van der Waals surface area (Å²) in [5.41, 5.74) is 0.712. The molecule has 0 spiro atoms. The van der Waals surface area contributed by atoms with Crippen LogP contribution in [0.2, 0.25) is 10.0 Å². The first-order valence-electron chi connectivity index (χ1n) is 5.84. The van der Waals surface area contributed by atoms with Crippen molar-refractivity contribution in [1.29, 1.82) is 0 Å². The Morgan fingerprint density at radius 3 is 2.40 bits per heavy atom. The number of hydrogen-bond donors (Lipinski definition) is 1. The number of aromatic nitrogens is 2. The van der Waals surface area contributed by atoms with E-state index in [4.69, 9.17) is 28.3 Å². The molecule has 0 amide bonds. The number of primary sulfonamides is 1. The standard InChI is InChI=1S/C12H13Cl2N3O2S/c1-2-11-16-12(20(15,18)19)7-17(11)6-8-9(13)4-3-5-10(8)14/h3-5,7H,2,6H2,1H3,(H2,15,18,19). The fourth-order valence-electron chi connectivity index (χ4n) is 1.84. The van der Waals surface area contributed by atoms with Gasteiger partial charge in [0.05, 0.1) is 6.54 Å². The van der Waals surface area contributed by atoms with Crippen molar-refractivity contribution >= 4 is 33.2 Å². The summed E-state index contributed by atoms with van der Waals surface area (Å²) in [6.07, 6.45) is 1.96. The zero-order valence-electron chi connectivity index (χ0n) is 10.7. The lowest BCUT2D eigenvalue weighted by molar-refractivity contribution is 0.594. The molecule has 2 aromatic rings. The lowest BCUT2D eigenvalue weighted by Crippen LogP contribution is -2.12. The minimum Gasteiger partial charge on any atom is -0.329 e. The lowest BCUT2D eigenvalue weighted by atomic mass is 10.2. The Hall–Kier alpha value is -1.08. The third-order valence-corrected chi connectivity index (χ3v) is 4.32. The van der Waals surface area contributed by atoms with E-state index < -0.39 is 10.0 Å². The van der Waals surface area contributed by atoms with Gasteiger partial charge in [-0.15, -0.1) is 0 Å². The first kappa shape index (κ1) is 15.3. The SMILES string of the molecule is CCc1nc(S(N)(=O)=O)cn1Cc1c(Cl)cccc1Cl. The first-order valence-corrected chi connectivity index (χ1v) is 8.15. The number of sulfonamides is 1. The number of hydrogen-bond acceptors (Lipinski definition) is 3. The second-order valence-electron chi connectivity index (χ2n) is 4.22. The van der Waals surface area contributed by atoms with Crippen LogP contribution in [0, 0.1) is 0 Å². The summed E-state index contributed by atoms with van der Waals surface area (Å²) >= 11 is 12.2. The molecule has 1 aromatic heterocycles. The minimum atomic E-state index is -3.83. The van der Waals surface area contributed by atoms with Gasteiger partial charge in [-0.2, -0.15) is 0 Å². The largest absolute Gasteiger partial charge is 0.329 e. The van der Waals surface area contributed by atoms with Crippen LogP contribution in [0.3, 0.4) is 0 Å². The predicted molar refractivity (Wildman–Crippen MR) is 78.5 cm³/mol. The van der Waals surface area contributed by atoms with E-state index in [2.05, 4.69) is 4.98 Å². The highest BCUT2D eigenvalue weighted by Gasteiger charge is 2.17. The second kappa shape index (κ2) is 5.73. The van der Waals surface area contributed by atoms with Crippen LogP contribution in [-0.2, 0) is 23.0 Å². The maximum Gasteiger partial charge on any atom is 0.257 e. The van der Waals surface area contributed by atoms with Gasteiger partial charge in [0.25, 0.3) is 10.0 Å². The van der Waals surface area contributed by atoms with Crippen LogP contribution in [0.25, 0.3) is 0 Å². The van der Waals surface area contributed by atoms with E-state index in [1.807, 2.05) is 6.92 Å². The first-order chi connectivity index (χ1) is 9.32. The number of nitrogens with two attached hydrogens (primary N) is 1. The molecule has 2 rings (SSSR count). The average Bonchev–Trinajstić information content (AvgIpc) is 2.77. The van der Waals surface area contributed by atoms with Crippen molar-refractivity contribution in [3.63, 3.8) is 0 Å². The van der Waals surface area contributed by atoms with Crippen LogP contribution < -0.4 is 5.14 Å². The maximum atomic E-state index is 11.4. The van der Waals surface area contributed by atoms with Crippen molar-refractivity contribution in [2.24, 2.45) is 5.14 Å². The fraction of sp³-hybridized carbons (Fsp3) is 0.250. The zero-order chi connectivity index (χ0) is 14.9. The quantitative estimate of drug-likeness (QED) is 0.933. The van der Waals surface area contributed by atoms with Crippen LogP contribution >= 0.6 is 23.2 Å². The highest BCUT2D eigenvalue weighted by atomic mass is 35.5. The molecule has 1 aromatic carbocycles. The van der Waals surface area contributed by atoms with Crippen LogP contribution in [0.5, 0.6) is 0 Å². The molecule has 0 aliphatic carbocycles. The van der Waals surface area contributed by atoms with Gasteiger partial charge in [0.2, 0.25) is 0 Å². The summed E-state index contributed by atoms with van der Waals surface area (Å²) in [6, 6.07) is 5.20. The molecule has 0 radical (unpaired) electrons. The van der Waals surface area contributed by atoms with Crippen LogP contribution in [0.4, 0.5) is 0 Å². The molecule has 108 valence electrons. The van der Waals surface area contributed by atoms with Gasteiger partial charge in [0.15, 0.2) is 5.03 Å². The summed E-state index contributed by atoms with van der Waals surface area (Å²) < 4.78 is 24.4. The highest BCUT2D eigenvalue weighted by molar-refractivity contribution is 7.89. The molecule has 8 heteroatoms. The van der Waals surface area contributed by atoms with Crippen molar-refractivity contribution in [3.8, 4) is 0 Å². The minimum absolute atomic E-state index is 0.155. The van der Waals surface area contributed by atoms with E-state index in [0.29, 0.717) is 34.4 Å². The Morgan fingerprint density at radius 2 is 1.90 bits per heavy atom. The monoisotopic (exact) mass is 333 g/mol. The van der Waals surface area contributed by atoms with Crippen molar-refractivity contribution in [3.05, 3.63) is 45.8 Å². The van der Waals surface area contributed by atoms with Gasteiger partial charge in [0, 0.05) is 28.2 Å². The van der Waals surface area contributed by atoms with Gasteiger partial charge in [-0.1, -0.05) is 36.2 Å². The summed E-state index contributed by atoms with van der Waals surface area (Å²) in [5, 5.41) is 5.97. The number of aryl methyl sites for hydroxylation is 1. The molecule has 0 atom stereocenters. The Labute approximate surface area is 127 Å². The zero-order valence-corrected chi connectivity index (χ0v) is 13.0. The molecule has 2 N–H and O–H groups in total. The van der Waals surface area contributed by atoms with Gasteiger partial charge in [-0.25, -0.2) is 18.5 Å². The molecule has 5 nitrogen and oxygen atoms in total. The summed E-state index contributed by atoms with van der Waals surface area (Å²) in [7, 11) is -3.83. The molecule has 1 heterocycles. The van der Waals surface area contributed by atoms with Gasteiger partial charge in [-0.3, -0.25) is 0 Å². The predicted octanol–water partition coefficient (Wildman–Crippen LogP) is 2.45. The molecular formula is C12H13Cl2N3O2S. The topological polar surface area (TPSA) is 78.0 Å². The molecule has 0 bridgehead atoms. The van der Waals surface area contributed by atoms with E-state index in [1.54, 1.807) is 22.8 Å². The maximum absolute atomic E-state index is 11.4. The Morgan fingerprint density at radius 1 is 1.30 bits per heavy atom. The van der Waals surface area contributed by atoms with Gasteiger partial charge >= 0.3 is 0 Å². The van der Waals surface area contributed by atoms with Crippen LogP contribution in [0.15, 0.2) is 29.4 Å². The fourth-order valence-corrected chi connectivity index (χ4v) is 2.86. The third kappa shape index (κ3) is 3.15. The van der Waals surface area contributed by atoms with Crippen molar-refractivity contribution in [1.82, 2.24) is 9.55 Å². The van der Waals surface area contributed by atoms with Crippen LogP contribution in [-0.4, -0.2) is 18.0 Å². The number of benzene rings is 1. The summed E-state index contributed by atoms with van der Waals surface area (Å²) in [5.74, 6) is 0.602. The Kier molecular flexibility index (Phi) is 4.39. The molecule has 0 saturated carbocycles. The highest BCUT2D eigenvalue weighted by Crippen LogP contribution is 2.26. The van der Waals surface area contributed by atoms with Crippen molar-refractivity contribution in [2.75, 3.05) is 0 Å². The molecule has 0 aliphatic heterocycles. The van der Waals surface area contributed by atoms with E-state index >= 15 is 0 Å². The van der Waals surface area contributed by atoms with Gasteiger partial charge in [0.1, 0.15) is 5.82 Å². The second-order valence-corrected chi connectivity index (χ2v) is 6.54.